The molecule has 1 aromatic rings. The van der Waals surface area contributed by atoms with E-state index < -0.39 is 5.41 Å². The van der Waals surface area contributed by atoms with E-state index in [-0.39, 0.29) is 11.9 Å². The van der Waals surface area contributed by atoms with Crippen molar-refractivity contribution in [2.75, 3.05) is 12.4 Å². The van der Waals surface area contributed by atoms with Crippen LogP contribution >= 0.6 is 0 Å². The van der Waals surface area contributed by atoms with E-state index in [4.69, 9.17) is 4.74 Å². The number of nitrogens with one attached hydrogen (secondary N) is 1. The number of rotatable bonds is 1. The van der Waals surface area contributed by atoms with Crippen molar-refractivity contribution in [2.45, 2.75) is 54.9 Å². The van der Waals surface area contributed by atoms with E-state index in [1.54, 1.807) is 6.07 Å². The second-order valence-electron chi connectivity index (χ2n) is 5.33. The SMILES string of the molecule is CC.CC.COC(=O)c1cc2c(cc1C)CC(C)(C)C(=O)N2. The first-order valence-electron chi connectivity index (χ1n) is 7.88. The quantitative estimate of drug-likeness (QED) is 0.784. The number of carbonyl (C=O) groups is 2. The maximum atomic E-state index is 11.9. The average molecular weight is 307 g/mol. The molecule has 1 aromatic carbocycles. The standard InChI is InChI=1S/C14H17NO3.2C2H6/c1-8-5-9-7-14(2,3)13(17)15-11(9)6-10(8)12(16)18-4;2*1-2/h5-6H,7H2,1-4H3,(H,15,17);2*1-2H3. The highest BCUT2D eigenvalue weighted by Crippen LogP contribution is 2.34. The summed E-state index contributed by atoms with van der Waals surface area (Å²) in [4.78, 5) is 23.5. The summed E-state index contributed by atoms with van der Waals surface area (Å²) in [5, 5.41) is 2.85. The molecule has 0 saturated carbocycles. The number of benzene rings is 1. The van der Waals surface area contributed by atoms with E-state index >= 15 is 0 Å². The Balaban J connectivity index is 0.00000102. The monoisotopic (exact) mass is 307 g/mol. The van der Waals surface area contributed by atoms with Crippen LogP contribution in [0.15, 0.2) is 12.1 Å². The molecule has 0 aliphatic carbocycles. The molecule has 0 atom stereocenters. The number of hydrogen-bond acceptors (Lipinski definition) is 3. The Labute approximate surface area is 134 Å². The van der Waals surface area contributed by atoms with Crippen molar-refractivity contribution in [1.29, 1.82) is 0 Å². The van der Waals surface area contributed by atoms with Crippen LogP contribution in [0.3, 0.4) is 0 Å². The predicted octanol–water partition coefficient (Wildman–Crippen LogP) is 4.35. The van der Waals surface area contributed by atoms with Gasteiger partial charge in [0.25, 0.3) is 0 Å². The lowest BCUT2D eigenvalue weighted by Gasteiger charge is -2.31. The number of amides is 1. The first-order chi connectivity index (χ1) is 10.3. The zero-order chi connectivity index (χ0) is 17.5. The summed E-state index contributed by atoms with van der Waals surface area (Å²) in [5.41, 5.74) is 2.73. The fraction of sp³-hybridized carbons (Fsp3) is 0.556. The number of methoxy groups -OCH3 is 1. The molecule has 0 aromatic heterocycles. The van der Waals surface area contributed by atoms with Crippen molar-refractivity contribution in [3.05, 3.63) is 28.8 Å². The second kappa shape index (κ2) is 8.57. The van der Waals surface area contributed by atoms with Crippen LogP contribution < -0.4 is 5.32 Å². The minimum Gasteiger partial charge on any atom is -0.465 e. The molecule has 1 amide bonds. The first kappa shape index (κ1) is 20.2. The third-order valence-electron chi connectivity index (χ3n) is 3.35. The molecule has 22 heavy (non-hydrogen) atoms. The van der Waals surface area contributed by atoms with Gasteiger partial charge in [0.1, 0.15) is 0 Å². The van der Waals surface area contributed by atoms with Crippen LogP contribution in [0, 0.1) is 12.3 Å². The number of aryl methyl sites for hydroxylation is 1. The van der Waals surface area contributed by atoms with Gasteiger partial charge in [-0.25, -0.2) is 4.79 Å². The zero-order valence-corrected chi connectivity index (χ0v) is 15.1. The molecule has 4 heteroatoms. The molecule has 2 rings (SSSR count). The van der Waals surface area contributed by atoms with Gasteiger partial charge in [0.05, 0.1) is 12.7 Å². The van der Waals surface area contributed by atoms with Crippen molar-refractivity contribution in [1.82, 2.24) is 0 Å². The third kappa shape index (κ3) is 4.33. The van der Waals surface area contributed by atoms with Crippen LogP contribution in [0.4, 0.5) is 5.69 Å². The van der Waals surface area contributed by atoms with Crippen LogP contribution in [0.1, 0.15) is 63.0 Å². The second-order valence-corrected chi connectivity index (χ2v) is 5.33. The minimum absolute atomic E-state index is 0.0188. The van der Waals surface area contributed by atoms with Gasteiger partial charge in [-0.1, -0.05) is 47.6 Å². The maximum Gasteiger partial charge on any atom is 0.338 e. The summed E-state index contributed by atoms with van der Waals surface area (Å²) in [5.74, 6) is -0.399. The molecule has 1 N–H and O–H groups in total. The molecule has 4 nitrogen and oxygen atoms in total. The maximum absolute atomic E-state index is 11.9. The molecule has 1 aliphatic heterocycles. The molecular weight excluding hydrogens is 278 g/mol. The Morgan fingerprint density at radius 2 is 1.73 bits per heavy atom. The zero-order valence-electron chi connectivity index (χ0n) is 15.1. The van der Waals surface area contributed by atoms with E-state index in [9.17, 15) is 9.59 Å². The van der Waals surface area contributed by atoms with Crippen LogP contribution in [0.5, 0.6) is 0 Å². The van der Waals surface area contributed by atoms with Crippen molar-refractivity contribution >= 4 is 17.6 Å². The van der Waals surface area contributed by atoms with Gasteiger partial charge in [0.15, 0.2) is 0 Å². The van der Waals surface area contributed by atoms with Crippen LogP contribution in [-0.2, 0) is 16.0 Å². The van der Waals surface area contributed by atoms with Crippen LogP contribution in [0.25, 0.3) is 0 Å². The number of ether oxygens (including phenoxy) is 1. The Kier molecular flexibility index (Phi) is 7.85. The largest absolute Gasteiger partial charge is 0.465 e. The third-order valence-corrected chi connectivity index (χ3v) is 3.35. The van der Waals surface area contributed by atoms with E-state index in [0.29, 0.717) is 17.7 Å². The highest BCUT2D eigenvalue weighted by Gasteiger charge is 2.34. The van der Waals surface area contributed by atoms with Gasteiger partial charge >= 0.3 is 5.97 Å². The van der Waals surface area contributed by atoms with Crippen molar-refractivity contribution in [3.63, 3.8) is 0 Å². The lowest BCUT2D eigenvalue weighted by Crippen LogP contribution is -2.37. The Bertz CT molecular complexity index is 533. The summed E-state index contributed by atoms with van der Waals surface area (Å²) >= 11 is 0. The van der Waals surface area contributed by atoms with E-state index in [1.165, 1.54) is 7.11 Å². The summed E-state index contributed by atoms with van der Waals surface area (Å²) in [6.45, 7) is 13.7. The normalized spacial score (nSPS) is 14.3. The van der Waals surface area contributed by atoms with Gasteiger partial charge < -0.3 is 10.1 Å². The summed E-state index contributed by atoms with van der Waals surface area (Å²) in [6.07, 6.45) is 0.677. The Morgan fingerprint density at radius 1 is 1.18 bits per heavy atom. The van der Waals surface area contributed by atoms with Gasteiger partial charge in [0.2, 0.25) is 5.91 Å². The number of fused-ring (bicyclic) bond motifs is 1. The molecular formula is C18H29NO3. The smallest absolute Gasteiger partial charge is 0.338 e. The minimum atomic E-state index is -0.410. The van der Waals surface area contributed by atoms with Gasteiger partial charge in [-0.3, -0.25) is 4.79 Å². The summed E-state index contributed by atoms with van der Waals surface area (Å²) in [7, 11) is 1.35. The molecule has 0 fully saturated rings. The van der Waals surface area contributed by atoms with E-state index in [0.717, 1.165) is 11.1 Å². The molecule has 124 valence electrons. The first-order valence-corrected chi connectivity index (χ1v) is 7.88. The molecule has 1 heterocycles. The molecule has 0 saturated heterocycles. The Hall–Kier alpha value is -1.84. The molecule has 0 radical (unpaired) electrons. The van der Waals surface area contributed by atoms with Crippen LogP contribution in [-0.4, -0.2) is 19.0 Å². The summed E-state index contributed by atoms with van der Waals surface area (Å²) < 4.78 is 4.72. The lowest BCUT2D eigenvalue weighted by atomic mass is 9.80. The van der Waals surface area contributed by atoms with Crippen molar-refractivity contribution in [2.24, 2.45) is 5.41 Å². The number of esters is 1. The molecule has 0 bridgehead atoms. The van der Waals surface area contributed by atoms with Gasteiger partial charge in [-0.2, -0.15) is 0 Å². The molecule has 0 unspecified atom stereocenters. The van der Waals surface area contributed by atoms with Crippen molar-refractivity contribution < 1.29 is 14.3 Å². The highest BCUT2D eigenvalue weighted by molar-refractivity contribution is 6.00. The van der Waals surface area contributed by atoms with Gasteiger partial charge in [-0.05, 0) is 30.5 Å². The fourth-order valence-electron chi connectivity index (χ4n) is 2.21. The summed E-state index contributed by atoms with van der Waals surface area (Å²) in [6, 6.07) is 3.65. The fourth-order valence-corrected chi connectivity index (χ4v) is 2.21. The van der Waals surface area contributed by atoms with E-state index in [1.807, 2.05) is 54.5 Å². The Morgan fingerprint density at radius 3 is 2.23 bits per heavy atom. The predicted molar refractivity (Wildman–Crippen MR) is 91.3 cm³/mol. The van der Waals surface area contributed by atoms with E-state index in [2.05, 4.69) is 5.32 Å². The lowest BCUT2D eigenvalue weighted by molar-refractivity contribution is -0.124. The average Bonchev–Trinajstić information content (AvgIpc) is 2.51. The number of carbonyl (C=O) groups excluding carboxylic acids is 2. The highest BCUT2D eigenvalue weighted by atomic mass is 16.5. The van der Waals surface area contributed by atoms with Crippen LogP contribution in [0.2, 0.25) is 0 Å². The molecule has 0 spiro atoms. The van der Waals surface area contributed by atoms with Gasteiger partial charge in [0, 0.05) is 11.1 Å². The van der Waals surface area contributed by atoms with Crippen molar-refractivity contribution in [3.8, 4) is 0 Å². The molecule has 1 aliphatic rings. The number of hydrogen-bond donors (Lipinski definition) is 1. The van der Waals surface area contributed by atoms with Gasteiger partial charge in [-0.15, -0.1) is 0 Å². The topological polar surface area (TPSA) is 55.4 Å². The number of anilines is 1.